The van der Waals surface area contributed by atoms with E-state index in [0.717, 1.165) is 11.8 Å². The monoisotopic (exact) mass is 243 g/mol. The van der Waals surface area contributed by atoms with Crippen molar-refractivity contribution in [1.29, 1.82) is 0 Å². The molecule has 4 nitrogen and oxygen atoms in total. The van der Waals surface area contributed by atoms with E-state index in [-0.39, 0.29) is 0 Å². The molecule has 0 radical (unpaired) electrons. The van der Waals surface area contributed by atoms with Crippen LogP contribution in [0.5, 0.6) is 0 Å². The van der Waals surface area contributed by atoms with Gasteiger partial charge < -0.3 is 19.9 Å². The van der Waals surface area contributed by atoms with Crippen LogP contribution < -0.4 is 5.32 Å². The van der Waals surface area contributed by atoms with Crippen LogP contribution in [0, 0.1) is 11.8 Å². The largest absolute Gasteiger partial charge is 0.389 e. The van der Waals surface area contributed by atoms with Crippen molar-refractivity contribution in [3.05, 3.63) is 0 Å². The second kappa shape index (κ2) is 6.69. The van der Waals surface area contributed by atoms with Crippen molar-refractivity contribution in [2.24, 2.45) is 11.8 Å². The third-order valence-corrected chi connectivity index (χ3v) is 3.59. The molecule has 2 N–H and O–H groups in total. The second-order valence-corrected chi connectivity index (χ2v) is 5.33. The third-order valence-electron chi connectivity index (χ3n) is 3.59. The van der Waals surface area contributed by atoms with Gasteiger partial charge in [0.1, 0.15) is 0 Å². The fraction of sp³-hybridized carbons (Fsp3) is 1.00. The van der Waals surface area contributed by atoms with Gasteiger partial charge in [0, 0.05) is 19.7 Å². The second-order valence-electron chi connectivity index (χ2n) is 5.33. The molecule has 0 aromatic carbocycles. The predicted molar refractivity (Wildman–Crippen MR) is 65.9 cm³/mol. The molecule has 17 heavy (non-hydrogen) atoms. The van der Waals surface area contributed by atoms with Crippen LogP contribution in [0.15, 0.2) is 0 Å². The lowest BCUT2D eigenvalue weighted by Crippen LogP contribution is -2.40. The maximum Gasteiger partial charge on any atom is 0.0897 e. The Labute approximate surface area is 104 Å². The zero-order valence-corrected chi connectivity index (χ0v) is 10.7. The molecule has 0 aromatic rings. The molecule has 100 valence electrons. The Kier molecular flexibility index (Phi) is 5.22. The summed E-state index contributed by atoms with van der Waals surface area (Å²) in [4.78, 5) is 0. The van der Waals surface area contributed by atoms with Gasteiger partial charge in [0.25, 0.3) is 0 Å². The van der Waals surface area contributed by atoms with E-state index in [1.54, 1.807) is 7.11 Å². The first-order chi connectivity index (χ1) is 8.31. The van der Waals surface area contributed by atoms with Crippen LogP contribution in [0.4, 0.5) is 0 Å². The van der Waals surface area contributed by atoms with Gasteiger partial charge in [-0.15, -0.1) is 0 Å². The molecule has 2 saturated carbocycles. The van der Waals surface area contributed by atoms with Crippen molar-refractivity contribution >= 4 is 0 Å². The molecule has 1 unspecified atom stereocenters. The molecule has 0 saturated heterocycles. The molecule has 0 spiro atoms. The molecule has 2 aliphatic carbocycles. The van der Waals surface area contributed by atoms with Gasteiger partial charge in [0.05, 0.1) is 25.9 Å². The molecule has 1 atom stereocenters. The number of aliphatic hydroxyl groups excluding tert-OH is 1. The van der Waals surface area contributed by atoms with Gasteiger partial charge in [0.2, 0.25) is 0 Å². The summed E-state index contributed by atoms with van der Waals surface area (Å²) in [6.07, 6.45) is 5.08. The number of hydrogen-bond donors (Lipinski definition) is 2. The van der Waals surface area contributed by atoms with E-state index in [2.05, 4.69) is 5.32 Å². The van der Waals surface area contributed by atoms with Crippen molar-refractivity contribution < 1.29 is 14.6 Å². The highest BCUT2D eigenvalue weighted by Crippen LogP contribution is 2.44. The Balaban J connectivity index is 1.53. The molecule has 2 fully saturated rings. The Hall–Kier alpha value is -0.160. The minimum atomic E-state index is -0.396. The predicted octanol–water partition coefficient (Wildman–Crippen LogP) is 0.788. The van der Waals surface area contributed by atoms with Crippen LogP contribution in [0.1, 0.15) is 25.7 Å². The summed E-state index contributed by atoms with van der Waals surface area (Å²) in [6.45, 7) is 2.21. The fourth-order valence-corrected chi connectivity index (χ4v) is 2.32. The van der Waals surface area contributed by atoms with E-state index < -0.39 is 6.10 Å². The molecule has 2 rings (SSSR count). The van der Waals surface area contributed by atoms with Crippen molar-refractivity contribution in [1.82, 2.24) is 5.32 Å². The lowest BCUT2D eigenvalue weighted by atomic mass is 10.1. The smallest absolute Gasteiger partial charge is 0.0897 e. The number of aliphatic hydroxyl groups is 1. The third kappa shape index (κ3) is 4.92. The maximum absolute atomic E-state index is 9.77. The standard InChI is InChI=1S/C13H25NO3/c1-16-6-7-17-9-12(15)8-14-13(10-2-3-10)11-4-5-11/h10-15H,2-9H2,1H3. The first kappa shape index (κ1) is 13.3. The molecule has 2 aliphatic rings. The van der Waals surface area contributed by atoms with Crippen molar-refractivity contribution in [2.45, 2.75) is 37.8 Å². The normalized spacial score (nSPS) is 22.1. The fourth-order valence-electron chi connectivity index (χ4n) is 2.32. The van der Waals surface area contributed by atoms with E-state index >= 15 is 0 Å². The molecule has 0 bridgehead atoms. The molecular weight excluding hydrogens is 218 g/mol. The maximum atomic E-state index is 9.77. The number of hydrogen-bond acceptors (Lipinski definition) is 4. The van der Waals surface area contributed by atoms with E-state index in [0.29, 0.717) is 32.4 Å². The van der Waals surface area contributed by atoms with E-state index in [1.165, 1.54) is 25.7 Å². The van der Waals surface area contributed by atoms with Gasteiger partial charge in [-0.2, -0.15) is 0 Å². The van der Waals surface area contributed by atoms with Crippen molar-refractivity contribution in [3.63, 3.8) is 0 Å². The summed E-state index contributed by atoms with van der Waals surface area (Å²) in [7, 11) is 1.65. The Morgan fingerprint density at radius 3 is 2.35 bits per heavy atom. The van der Waals surface area contributed by atoms with Gasteiger partial charge >= 0.3 is 0 Å². The summed E-state index contributed by atoms with van der Waals surface area (Å²) in [5, 5.41) is 13.3. The summed E-state index contributed by atoms with van der Waals surface area (Å²) < 4.78 is 10.2. The SMILES string of the molecule is COCCOCC(O)CNC(C1CC1)C1CC1. The first-order valence-corrected chi connectivity index (χ1v) is 6.79. The van der Waals surface area contributed by atoms with Crippen LogP contribution >= 0.6 is 0 Å². The van der Waals surface area contributed by atoms with Gasteiger partial charge in [0.15, 0.2) is 0 Å². The zero-order valence-electron chi connectivity index (χ0n) is 10.7. The van der Waals surface area contributed by atoms with Crippen LogP contribution in [-0.2, 0) is 9.47 Å². The molecule has 4 heteroatoms. The van der Waals surface area contributed by atoms with Crippen LogP contribution in [0.3, 0.4) is 0 Å². The van der Waals surface area contributed by atoms with Crippen molar-refractivity contribution in [3.8, 4) is 0 Å². The average molecular weight is 243 g/mol. The molecular formula is C13H25NO3. The van der Waals surface area contributed by atoms with Crippen LogP contribution in [-0.4, -0.2) is 50.7 Å². The van der Waals surface area contributed by atoms with Gasteiger partial charge in [-0.3, -0.25) is 0 Å². The highest BCUT2D eigenvalue weighted by atomic mass is 16.5. The first-order valence-electron chi connectivity index (χ1n) is 6.79. The van der Waals surface area contributed by atoms with Gasteiger partial charge in [-0.05, 0) is 37.5 Å². The number of methoxy groups -OCH3 is 1. The Morgan fingerprint density at radius 2 is 1.82 bits per heavy atom. The zero-order chi connectivity index (χ0) is 12.1. The molecule has 0 amide bonds. The van der Waals surface area contributed by atoms with Crippen LogP contribution in [0.2, 0.25) is 0 Å². The highest BCUT2D eigenvalue weighted by molar-refractivity contribution is 4.96. The number of nitrogens with one attached hydrogen (secondary N) is 1. The minimum absolute atomic E-state index is 0.396. The number of ether oxygens (including phenoxy) is 2. The molecule has 0 heterocycles. The van der Waals surface area contributed by atoms with Crippen LogP contribution in [0.25, 0.3) is 0 Å². The lowest BCUT2D eigenvalue weighted by Gasteiger charge is -2.20. The summed E-state index contributed by atoms with van der Waals surface area (Å²) in [5.74, 6) is 1.76. The van der Waals surface area contributed by atoms with E-state index in [1.807, 2.05) is 0 Å². The number of rotatable bonds is 10. The van der Waals surface area contributed by atoms with Gasteiger partial charge in [-0.1, -0.05) is 0 Å². The van der Waals surface area contributed by atoms with E-state index in [9.17, 15) is 5.11 Å². The highest BCUT2D eigenvalue weighted by Gasteiger charge is 2.41. The van der Waals surface area contributed by atoms with E-state index in [4.69, 9.17) is 9.47 Å². The Morgan fingerprint density at radius 1 is 1.18 bits per heavy atom. The van der Waals surface area contributed by atoms with Gasteiger partial charge in [-0.25, -0.2) is 0 Å². The lowest BCUT2D eigenvalue weighted by molar-refractivity contribution is 0.0124. The Bertz CT molecular complexity index is 205. The summed E-state index contributed by atoms with van der Waals surface area (Å²) in [6, 6.07) is 0.656. The average Bonchev–Trinajstić information content (AvgIpc) is 3.15. The molecule has 0 aliphatic heterocycles. The van der Waals surface area contributed by atoms with Crippen molar-refractivity contribution in [2.75, 3.05) is 33.5 Å². The molecule has 0 aromatic heterocycles. The quantitative estimate of drug-likeness (QED) is 0.557. The minimum Gasteiger partial charge on any atom is -0.389 e. The topological polar surface area (TPSA) is 50.7 Å². The summed E-state index contributed by atoms with van der Waals surface area (Å²) in [5.41, 5.74) is 0. The summed E-state index contributed by atoms with van der Waals surface area (Å²) >= 11 is 0.